The summed E-state index contributed by atoms with van der Waals surface area (Å²) in [5.41, 5.74) is 8.05. The van der Waals surface area contributed by atoms with Gasteiger partial charge in [-0.1, -0.05) is 25.4 Å². The largest absolute Gasteiger partial charge is 0.435 e. The molecule has 2 heterocycles. The Morgan fingerprint density at radius 1 is 1.29 bits per heavy atom. The molecule has 0 aliphatic rings. The third-order valence-electron chi connectivity index (χ3n) is 3.13. The molecule has 0 spiro atoms. The SMILES string of the molecule is CC(C)c1cc2c(Oc3ccc(N)cc3Cl)nccn2n1. The summed E-state index contributed by atoms with van der Waals surface area (Å²) in [6.45, 7) is 4.18. The molecule has 0 bridgehead atoms. The normalized spacial score (nSPS) is 11.2. The van der Waals surface area contributed by atoms with E-state index in [0.29, 0.717) is 28.3 Å². The second kappa shape index (κ2) is 5.26. The minimum atomic E-state index is 0.331. The fraction of sp³-hybridized carbons (Fsp3) is 0.200. The molecule has 0 saturated carbocycles. The molecule has 6 heteroatoms. The van der Waals surface area contributed by atoms with Gasteiger partial charge in [0, 0.05) is 18.1 Å². The maximum atomic E-state index is 6.13. The lowest BCUT2D eigenvalue weighted by Gasteiger charge is -2.07. The number of benzene rings is 1. The topological polar surface area (TPSA) is 65.4 Å². The van der Waals surface area contributed by atoms with Crippen LogP contribution in [0.15, 0.2) is 36.7 Å². The molecule has 2 N–H and O–H groups in total. The van der Waals surface area contributed by atoms with Crippen LogP contribution < -0.4 is 10.5 Å². The van der Waals surface area contributed by atoms with Gasteiger partial charge in [-0.05, 0) is 30.2 Å². The molecule has 0 aliphatic heterocycles. The van der Waals surface area contributed by atoms with Crippen molar-refractivity contribution in [2.24, 2.45) is 0 Å². The zero-order chi connectivity index (χ0) is 15.0. The average Bonchev–Trinajstić information content (AvgIpc) is 2.87. The monoisotopic (exact) mass is 302 g/mol. The van der Waals surface area contributed by atoms with E-state index in [1.54, 1.807) is 35.1 Å². The molecule has 3 rings (SSSR count). The Kier molecular flexibility index (Phi) is 3.43. The van der Waals surface area contributed by atoms with Gasteiger partial charge in [-0.15, -0.1) is 0 Å². The van der Waals surface area contributed by atoms with Crippen LogP contribution in [0, 0.1) is 0 Å². The van der Waals surface area contributed by atoms with Crippen molar-refractivity contribution in [2.75, 3.05) is 5.73 Å². The Hall–Kier alpha value is -2.27. The number of aromatic nitrogens is 3. The van der Waals surface area contributed by atoms with Gasteiger partial charge in [0.1, 0.15) is 11.3 Å². The number of nitrogens with two attached hydrogens (primary N) is 1. The van der Waals surface area contributed by atoms with Crippen molar-refractivity contribution in [1.29, 1.82) is 0 Å². The van der Waals surface area contributed by atoms with Crippen LogP contribution >= 0.6 is 11.6 Å². The van der Waals surface area contributed by atoms with Crippen molar-refractivity contribution in [3.05, 3.63) is 47.4 Å². The second-order valence-electron chi connectivity index (χ2n) is 5.08. The molecule has 108 valence electrons. The number of ether oxygens (including phenoxy) is 1. The molecule has 1 aromatic carbocycles. The predicted molar refractivity (Wildman–Crippen MR) is 83.0 cm³/mol. The maximum Gasteiger partial charge on any atom is 0.245 e. The molecule has 5 nitrogen and oxygen atoms in total. The van der Waals surface area contributed by atoms with Crippen molar-refractivity contribution >= 4 is 22.8 Å². The van der Waals surface area contributed by atoms with Gasteiger partial charge < -0.3 is 10.5 Å². The van der Waals surface area contributed by atoms with Gasteiger partial charge >= 0.3 is 0 Å². The summed E-state index contributed by atoms with van der Waals surface area (Å²) in [6, 6.07) is 7.07. The van der Waals surface area contributed by atoms with Crippen LogP contribution in [0.3, 0.4) is 0 Å². The molecular formula is C15H15ClN4O. The number of nitrogen functional groups attached to an aromatic ring is 1. The highest BCUT2D eigenvalue weighted by atomic mass is 35.5. The molecule has 3 aromatic rings. The molecular weight excluding hydrogens is 288 g/mol. The highest BCUT2D eigenvalue weighted by molar-refractivity contribution is 6.32. The standard InChI is InChI=1S/C15H15ClN4O/c1-9(2)12-8-13-15(18-5-6-20(13)19-12)21-14-4-3-10(17)7-11(14)16/h3-9H,17H2,1-2H3. The van der Waals surface area contributed by atoms with E-state index >= 15 is 0 Å². The van der Waals surface area contributed by atoms with E-state index < -0.39 is 0 Å². The number of nitrogens with zero attached hydrogens (tertiary/aromatic N) is 3. The van der Waals surface area contributed by atoms with Gasteiger partial charge in [-0.2, -0.15) is 5.10 Å². The maximum absolute atomic E-state index is 6.13. The number of anilines is 1. The third-order valence-corrected chi connectivity index (χ3v) is 3.42. The lowest BCUT2D eigenvalue weighted by molar-refractivity contribution is 0.466. The molecule has 0 radical (unpaired) electrons. The van der Waals surface area contributed by atoms with Crippen LogP contribution in [0.1, 0.15) is 25.5 Å². The molecule has 0 atom stereocenters. The number of hydrogen-bond acceptors (Lipinski definition) is 4. The van der Waals surface area contributed by atoms with E-state index in [2.05, 4.69) is 23.9 Å². The van der Waals surface area contributed by atoms with Crippen molar-refractivity contribution in [2.45, 2.75) is 19.8 Å². The van der Waals surface area contributed by atoms with Gasteiger partial charge in [0.05, 0.1) is 10.7 Å². The molecule has 0 saturated heterocycles. The number of rotatable bonds is 3. The summed E-state index contributed by atoms with van der Waals surface area (Å²) in [7, 11) is 0. The zero-order valence-electron chi connectivity index (χ0n) is 11.7. The third kappa shape index (κ3) is 2.64. The number of hydrogen-bond donors (Lipinski definition) is 1. The first-order valence-electron chi connectivity index (χ1n) is 6.62. The van der Waals surface area contributed by atoms with Crippen LogP contribution in [0.25, 0.3) is 5.52 Å². The van der Waals surface area contributed by atoms with Gasteiger partial charge in [0.15, 0.2) is 0 Å². The minimum absolute atomic E-state index is 0.331. The zero-order valence-corrected chi connectivity index (χ0v) is 12.5. The summed E-state index contributed by atoms with van der Waals surface area (Å²) in [4.78, 5) is 4.27. The summed E-state index contributed by atoms with van der Waals surface area (Å²) < 4.78 is 7.56. The van der Waals surface area contributed by atoms with E-state index in [1.165, 1.54) is 0 Å². The van der Waals surface area contributed by atoms with E-state index in [4.69, 9.17) is 22.1 Å². The van der Waals surface area contributed by atoms with Crippen LogP contribution in [0.4, 0.5) is 5.69 Å². The van der Waals surface area contributed by atoms with Crippen molar-refractivity contribution in [3.8, 4) is 11.6 Å². The van der Waals surface area contributed by atoms with E-state index in [0.717, 1.165) is 11.2 Å². The van der Waals surface area contributed by atoms with Gasteiger partial charge in [0.2, 0.25) is 5.88 Å². The Morgan fingerprint density at radius 2 is 2.10 bits per heavy atom. The van der Waals surface area contributed by atoms with E-state index in [9.17, 15) is 0 Å². The van der Waals surface area contributed by atoms with E-state index in [-0.39, 0.29) is 0 Å². The van der Waals surface area contributed by atoms with Crippen LogP contribution in [0.5, 0.6) is 11.6 Å². The molecule has 0 unspecified atom stereocenters. The summed E-state index contributed by atoms with van der Waals surface area (Å²) >= 11 is 6.13. The summed E-state index contributed by atoms with van der Waals surface area (Å²) in [6.07, 6.45) is 3.43. The van der Waals surface area contributed by atoms with Gasteiger partial charge in [-0.3, -0.25) is 0 Å². The quantitative estimate of drug-likeness (QED) is 0.746. The average molecular weight is 303 g/mol. The summed E-state index contributed by atoms with van der Waals surface area (Å²) in [5.74, 6) is 1.31. The van der Waals surface area contributed by atoms with Crippen LogP contribution in [-0.4, -0.2) is 14.6 Å². The Morgan fingerprint density at radius 3 is 2.81 bits per heavy atom. The van der Waals surface area contributed by atoms with Crippen molar-refractivity contribution in [1.82, 2.24) is 14.6 Å². The Balaban J connectivity index is 2.04. The van der Waals surface area contributed by atoms with E-state index in [1.807, 2.05) is 6.07 Å². The highest BCUT2D eigenvalue weighted by Gasteiger charge is 2.12. The lowest BCUT2D eigenvalue weighted by Crippen LogP contribution is -1.95. The van der Waals surface area contributed by atoms with Gasteiger partial charge in [0.25, 0.3) is 0 Å². The minimum Gasteiger partial charge on any atom is -0.435 e. The molecule has 2 aromatic heterocycles. The summed E-state index contributed by atoms with van der Waals surface area (Å²) in [5, 5.41) is 4.94. The molecule has 0 amide bonds. The van der Waals surface area contributed by atoms with Gasteiger partial charge in [-0.25, -0.2) is 9.50 Å². The number of halogens is 1. The lowest BCUT2D eigenvalue weighted by atomic mass is 10.1. The van der Waals surface area contributed by atoms with Crippen LogP contribution in [0.2, 0.25) is 5.02 Å². The Bertz CT molecular complexity index is 797. The molecule has 21 heavy (non-hydrogen) atoms. The molecule has 0 aliphatic carbocycles. The first kappa shape index (κ1) is 13.7. The smallest absolute Gasteiger partial charge is 0.245 e. The predicted octanol–water partition coefficient (Wildman–Crippen LogP) is 3.88. The first-order chi connectivity index (χ1) is 10.0. The van der Waals surface area contributed by atoms with Crippen molar-refractivity contribution < 1.29 is 4.74 Å². The van der Waals surface area contributed by atoms with Crippen molar-refractivity contribution in [3.63, 3.8) is 0 Å². The first-order valence-corrected chi connectivity index (χ1v) is 6.99. The Labute approximate surface area is 127 Å². The fourth-order valence-corrected chi connectivity index (χ4v) is 2.21. The van der Waals surface area contributed by atoms with Crippen LogP contribution in [-0.2, 0) is 0 Å². The highest BCUT2D eigenvalue weighted by Crippen LogP contribution is 2.32. The second-order valence-corrected chi connectivity index (χ2v) is 5.49. The molecule has 0 fully saturated rings. The number of fused-ring (bicyclic) bond motifs is 1. The fourth-order valence-electron chi connectivity index (χ4n) is 1.98.